The van der Waals surface area contributed by atoms with E-state index in [1.54, 1.807) is 56.5 Å². The molecule has 1 atom stereocenters. The maximum Gasteiger partial charge on any atom is 0.264 e. The fourth-order valence-electron chi connectivity index (χ4n) is 4.11. The number of anilines is 1. The molecule has 3 rings (SSSR count). The summed E-state index contributed by atoms with van der Waals surface area (Å²) in [5.74, 6) is -0.0616. The fourth-order valence-corrected chi connectivity index (χ4v) is 5.69. The molecular weight excluding hydrogens is 562 g/mol. The number of hydrogen-bond donors (Lipinski definition) is 1. The Labute approximate surface area is 248 Å². The molecule has 0 aliphatic rings. The maximum atomic E-state index is 14.0. The Morgan fingerprint density at radius 1 is 0.976 bits per heavy atom. The van der Waals surface area contributed by atoms with Gasteiger partial charge in [-0.25, -0.2) is 8.42 Å². The lowest BCUT2D eigenvalue weighted by Crippen LogP contribution is -2.51. The second kappa shape index (κ2) is 13.9. The third kappa shape index (κ3) is 8.24. The highest BCUT2D eigenvalue weighted by molar-refractivity contribution is 7.92. The van der Waals surface area contributed by atoms with Gasteiger partial charge in [0.05, 0.1) is 17.7 Å². The van der Waals surface area contributed by atoms with Crippen LogP contribution in [0.4, 0.5) is 5.69 Å². The van der Waals surface area contributed by atoms with E-state index in [1.807, 2.05) is 33.8 Å². The number of hydrogen-bond acceptors (Lipinski definition) is 5. The Balaban J connectivity index is 2.05. The smallest absolute Gasteiger partial charge is 0.264 e. The zero-order valence-corrected chi connectivity index (χ0v) is 25.9. The summed E-state index contributed by atoms with van der Waals surface area (Å²) in [6, 6.07) is 17.6. The van der Waals surface area contributed by atoms with Crippen molar-refractivity contribution in [3.63, 3.8) is 0 Å². The van der Waals surface area contributed by atoms with Gasteiger partial charge >= 0.3 is 0 Å². The third-order valence-electron chi connectivity index (χ3n) is 6.67. The van der Waals surface area contributed by atoms with Gasteiger partial charge in [-0.05, 0) is 74.2 Å². The van der Waals surface area contributed by atoms with E-state index in [2.05, 4.69) is 5.32 Å². The Hall–Kier alpha value is -3.56. The van der Waals surface area contributed by atoms with Gasteiger partial charge in [0.15, 0.2) is 0 Å². The first kappa shape index (κ1) is 32.0. The normalized spacial score (nSPS) is 12.1. The minimum absolute atomic E-state index is 0.0367. The molecule has 0 heterocycles. The van der Waals surface area contributed by atoms with Crippen molar-refractivity contribution in [1.82, 2.24) is 10.2 Å². The molecule has 2 amide bonds. The molecule has 3 aromatic rings. The van der Waals surface area contributed by atoms with Gasteiger partial charge in [0.2, 0.25) is 11.8 Å². The van der Waals surface area contributed by atoms with Crippen LogP contribution in [-0.4, -0.2) is 51.4 Å². The van der Waals surface area contributed by atoms with Crippen molar-refractivity contribution in [3.05, 3.63) is 88.4 Å². The molecule has 0 aliphatic heterocycles. The van der Waals surface area contributed by atoms with E-state index in [1.165, 1.54) is 23.1 Å². The number of amides is 2. The molecule has 8 nitrogen and oxygen atoms in total. The van der Waals surface area contributed by atoms with Gasteiger partial charge in [0.25, 0.3) is 10.0 Å². The monoisotopic (exact) mass is 599 g/mol. The van der Waals surface area contributed by atoms with Crippen molar-refractivity contribution in [1.29, 1.82) is 0 Å². The molecule has 0 aliphatic carbocycles. The van der Waals surface area contributed by atoms with Crippen molar-refractivity contribution >= 4 is 39.1 Å². The SMILES string of the molecule is COc1cccc(CN(C(=O)CN(c2ccc(C)c(Cl)c2)S(=O)(=O)c2ccc(C)cc2)[C@H](C)C(=O)NCC(C)C)c1. The minimum Gasteiger partial charge on any atom is -0.497 e. The fraction of sp³-hybridized carbons (Fsp3) is 0.355. The molecule has 0 spiro atoms. The Kier molecular flexibility index (Phi) is 10.8. The summed E-state index contributed by atoms with van der Waals surface area (Å²) in [5, 5.41) is 3.25. The van der Waals surface area contributed by atoms with Gasteiger partial charge in [-0.3, -0.25) is 13.9 Å². The van der Waals surface area contributed by atoms with E-state index in [0.29, 0.717) is 17.3 Å². The van der Waals surface area contributed by atoms with Gasteiger partial charge in [0.1, 0.15) is 18.3 Å². The molecule has 220 valence electrons. The van der Waals surface area contributed by atoms with E-state index in [0.717, 1.165) is 21.0 Å². The minimum atomic E-state index is -4.17. The van der Waals surface area contributed by atoms with Crippen molar-refractivity contribution in [2.24, 2.45) is 5.92 Å². The molecule has 0 bridgehead atoms. The number of aryl methyl sites for hydroxylation is 2. The number of rotatable bonds is 12. The van der Waals surface area contributed by atoms with Gasteiger partial charge in [0, 0.05) is 18.1 Å². The van der Waals surface area contributed by atoms with Crippen LogP contribution >= 0.6 is 11.6 Å². The topological polar surface area (TPSA) is 96.0 Å². The number of methoxy groups -OCH3 is 1. The van der Waals surface area contributed by atoms with Crippen LogP contribution in [0.1, 0.15) is 37.5 Å². The van der Waals surface area contributed by atoms with Crippen LogP contribution in [0.2, 0.25) is 5.02 Å². The van der Waals surface area contributed by atoms with Crippen molar-refractivity contribution in [3.8, 4) is 5.75 Å². The molecule has 1 N–H and O–H groups in total. The summed E-state index contributed by atoms with van der Waals surface area (Å²) in [6.45, 7) is 9.23. The first-order valence-electron chi connectivity index (χ1n) is 13.4. The lowest BCUT2D eigenvalue weighted by molar-refractivity contribution is -0.139. The molecule has 0 unspecified atom stereocenters. The molecule has 3 aromatic carbocycles. The van der Waals surface area contributed by atoms with E-state index in [-0.39, 0.29) is 29.0 Å². The van der Waals surface area contributed by atoms with Crippen LogP contribution in [0.3, 0.4) is 0 Å². The Bertz CT molecular complexity index is 1480. The average molecular weight is 600 g/mol. The lowest BCUT2D eigenvalue weighted by Gasteiger charge is -2.32. The Morgan fingerprint density at radius 3 is 2.27 bits per heavy atom. The molecular formula is C31H38ClN3O5S. The second-order valence-corrected chi connectivity index (χ2v) is 12.7. The van der Waals surface area contributed by atoms with Crippen molar-refractivity contribution < 1.29 is 22.7 Å². The molecule has 41 heavy (non-hydrogen) atoms. The van der Waals surface area contributed by atoms with E-state index >= 15 is 0 Å². The third-order valence-corrected chi connectivity index (χ3v) is 8.87. The summed E-state index contributed by atoms with van der Waals surface area (Å²) in [7, 11) is -2.63. The largest absolute Gasteiger partial charge is 0.497 e. The predicted molar refractivity (Wildman–Crippen MR) is 163 cm³/mol. The van der Waals surface area contributed by atoms with Crippen molar-refractivity contribution in [2.75, 3.05) is 24.5 Å². The van der Waals surface area contributed by atoms with Crippen LogP contribution in [0, 0.1) is 19.8 Å². The van der Waals surface area contributed by atoms with E-state index in [9.17, 15) is 18.0 Å². The number of ether oxygens (including phenoxy) is 1. The van der Waals surface area contributed by atoms with Gasteiger partial charge in [-0.1, -0.05) is 61.3 Å². The predicted octanol–water partition coefficient (Wildman–Crippen LogP) is 5.35. The summed E-state index contributed by atoms with van der Waals surface area (Å²) >= 11 is 6.38. The standard InChI is InChI=1S/C31H38ClN3O5S/c1-21(2)18-33-31(37)24(5)34(19-25-8-7-9-27(16-25)40-6)30(36)20-35(26-13-12-23(4)29(32)17-26)41(38,39)28-14-10-22(3)11-15-28/h7-17,21,24H,18-20H2,1-6H3,(H,33,37)/t24-/m1/s1. The number of nitrogens with zero attached hydrogens (tertiary/aromatic N) is 2. The number of carbonyl (C=O) groups excluding carboxylic acids is 2. The maximum absolute atomic E-state index is 14.0. The number of halogens is 1. The molecule has 10 heteroatoms. The number of benzene rings is 3. The van der Waals surface area contributed by atoms with Crippen LogP contribution in [0.15, 0.2) is 71.6 Å². The first-order chi connectivity index (χ1) is 19.3. The Morgan fingerprint density at radius 2 is 1.66 bits per heavy atom. The molecule has 0 saturated carbocycles. The molecule has 0 fully saturated rings. The summed E-state index contributed by atoms with van der Waals surface area (Å²) in [5.41, 5.74) is 2.64. The zero-order valence-electron chi connectivity index (χ0n) is 24.3. The van der Waals surface area contributed by atoms with Gasteiger partial charge in [-0.2, -0.15) is 0 Å². The average Bonchev–Trinajstić information content (AvgIpc) is 2.94. The summed E-state index contributed by atoms with van der Waals surface area (Å²) in [4.78, 5) is 28.6. The van der Waals surface area contributed by atoms with Crippen LogP contribution < -0.4 is 14.4 Å². The van der Waals surface area contributed by atoms with Crippen LogP contribution in [0.25, 0.3) is 0 Å². The van der Waals surface area contributed by atoms with Crippen molar-refractivity contribution in [2.45, 2.75) is 52.1 Å². The summed E-state index contributed by atoms with van der Waals surface area (Å²) < 4.78 is 34.3. The van der Waals surface area contributed by atoms with Crippen LogP contribution in [0.5, 0.6) is 5.75 Å². The molecule has 0 saturated heterocycles. The van der Waals surface area contributed by atoms with Gasteiger partial charge < -0.3 is 15.0 Å². The molecule has 0 aromatic heterocycles. The number of nitrogens with one attached hydrogen (secondary N) is 1. The van der Waals surface area contributed by atoms with E-state index < -0.39 is 28.5 Å². The second-order valence-electron chi connectivity index (χ2n) is 10.4. The first-order valence-corrected chi connectivity index (χ1v) is 15.2. The highest BCUT2D eigenvalue weighted by Gasteiger charge is 2.32. The molecule has 0 radical (unpaired) electrons. The van der Waals surface area contributed by atoms with Crippen LogP contribution in [-0.2, 0) is 26.2 Å². The van der Waals surface area contributed by atoms with Gasteiger partial charge in [-0.15, -0.1) is 0 Å². The summed E-state index contributed by atoms with van der Waals surface area (Å²) in [6.07, 6.45) is 0. The number of carbonyl (C=O) groups is 2. The zero-order chi connectivity index (χ0) is 30.3. The van der Waals surface area contributed by atoms with E-state index in [4.69, 9.17) is 16.3 Å². The highest BCUT2D eigenvalue weighted by Crippen LogP contribution is 2.29. The number of sulfonamides is 1. The quantitative estimate of drug-likeness (QED) is 0.303. The lowest BCUT2D eigenvalue weighted by atomic mass is 10.1. The highest BCUT2D eigenvalue weighted by atomic mass is 35.5.